The van der Waals surface area contributed by atoms with Gasteiger partial charge in [-0.15, -0.1) is 0 Å². The molecule has 20 heavy (non-hydrogen) atoms. The van der Waals surface area contributed by atoms with Crippen molar-refractivity contribution in [3.05, 3.63) is 11.4 Å². The third-order valence-electron chi connectivity index (χ3n) is 4.25. The first-order valence-corrected chi connectivity index (χ1v) is 12.5. The second kappa shape index (κ2) is 6.08. The van der Waals surface area contributed by atoms with Gasteiger partial charge in [0.15, 0.2) is 8.32 Å². The van der Waals surface area contributed by atoms with Gasteiger partial charge in [0.25, 0.3) is 0 Å². The standard InChI is InChI=1S/C15H31O3PSi/c1-12(2)17-19(6,16)14-10-9-13(11-14)18-20(7,8)15(3,4)5/h11-13H,9-10H2,1-8H3. The van der Waals surface area contributed by atoms with Gasteiger partial charge in [-0.05, 0) is 50.9 Å². The van der Waals surface area contributed by atoms with Crippen molar-refractivity contribution in [3.63, 3.8) is 0 Å². The van der Waals surface area contributed by atoms with Crippen molar-refractivity contribution in [1.29, 1.82) is 0 Å². The number of hydrogen-bond donors (Lipinski definition) is 0. The lowest BCUT2D eigenvalue weighted by molar-refractivity contribution is 0.224. The predicted molar refractivity (Wildman–Crippen MR) is 89.1 cm³/mol. The normalized spacial score (nSPS) is 23.9. The summed E-state index contributed by atoms with van der Waals surface area (Å²) >= 11 is 0. The molecule has 0 fully saturated rings. The van der Waals surface area contributed by atoms with E-state index in [4.69, 9.17) is 8.95 Å². The Kier molecular flexibility index (Phi) is 5.52. The highest BCUT2D eigenvalue weighted by Gasteiger charge is 2.40. The molecular formula is C15H31O3PSi. The topological polar surface area (TPSA) is 35.5 Å². The summed E-state index contributed by atoms with van der Waals surface area (Å²) < 4.78 is 24.6. The van der Waals surface area contributed by atoms with Crippen molar-refractivity contribution < 1.29 is 13.5 Å². The molecule has 3 nitrogen and oxygen atoms in total. The van der Waals surface area contributed by atoms with Crippen LogP contribution < -0.4 is 0 Å². The molecule has 0 saturated carbocycles. The van der Waals surface area contributed by atoms with Gasteiger partial charge in [0.05, 0.1) is 12.2 Å². The molecule has 0 spiro atoms. The molecule has 0 radical (unpaired) electrons. The maximum absolute atomic E-state index is 12.6. The van der Waals surface area contributed by atoms with Crippen LogP contribution in [0.4, 0.5) is 0 Å². The van der Waals surface area contributed by atoms with E-state index in [0.717, 1.165) is 18.2 Å². The Morgan fingerprint density at radius 1 is 1.35 bits per heavy atom. The van der Waals surface area contributed by atoms with Gasteiger partial charge in [0, 0.05) is 12.0 Å². The van der Waals surface area contributed by atoms with Gasteiger partial charge in [-0.1, -0.05) is 20.8 Å². The highest BCUT2D eigenvalue weighted by Crippen LogP contribution is 2.56. The fourth-order valence-corrected chi connectivity index (χ4v) is 5.34. The van der Waals surface area contributed by atoms with Crippen molar-refractivity contribution in [2.45, 2.75) is 77.8 Å². The van der Waals surface area contributed by atoms with Crippen LogP contribution in [0.3, 0.4) is 0 Å². The van der Waals surface area contributed by atoms with Crippen LogP contribution in [0.15, 0.2) is 11.4 Å². The maximum Gasteiger partial charge on any atom is 0.225 e. The van der Waals surface area contributed by atoms with Crippen molar-refractivity contribution in [1.82, 2.24) is 0 Å². The predicted octanol–water partition coefficient (Wildman–Crippen LogP) is 5.39. The van der Waals surface area contributed by atoms with Crippen LogP contribution in [0.5, 0.6) is 0 Å². The highest BCUT2D eigenvalue weighted by atomic mass is 31.2. The zero-order chi connectivity index (χ0) is 15.8. The molecule has 0 bridgehead atoms. The summed E-state index contributed by atoms with van der Waals surface area (Å²) in [5, 5.41) is 1.16. The van der Waals surface area contributed by atoms with Crippen LogP contribution in [0.25, 0.3) is 0 Å². The van der Waals surface area contributed by atoms with Crippen molar-refractivity contribution >= 4 is 15.7 Å². The number of rotatable bonds is 5. The maximum atomic E-state index is 12.6. The SMILES string of the molecule is CC(C)OP(C)(=O)C1=CC(O[Si](C)(C)C(C)(C)C)CC1. The largest absolute Gasteiger partial charge is 0.411 e. The Bertz CT molecular complexity index is 421. The molecule has 118 valence electrons. The molecule has 0 N–H and O–H groups in total. The Balaban J connectivity index is 2.78. The minimum atomic E-state index is -2.64. The minimum Gasteiger partial charge on any atom is -0.411 e. The van der Waals surface area contributed by atoms with Crippen molar-refractivity contribution in [3.8, 4) is 0 Å². The van der Waals surface area contributed by atoms with Gasteiger partial charge in [0.1, 0.15) is 0 Å². The van der Waals surface area contributed by atoms with E-state index in [-0.39, 0.29) is 17.2 Å². The number of allylic oxidation sites excluding steroid dienone is 1. The second-order valence-electron chi connectivity index (χ2n) is 7.61. The molecule has 0 aromatic heterocycles. The molecule has 0 amide bonds. The molecule has 1 aliphatic rings. The van der Waals surface area contributed by atoms with Gasteiger partial charge in [-0.25, -0.2) is 0 Å². The summed E-state index contributed by atoms with van der Waals surface area (Å²) in [5.41, 5.74) is 0. The van der Waals surface area contributed by atoms with E-state index in [1.165, 1.54) is 0 Å². The van der Waals surface area contributed by atoms with Crippen LogP contribution in [0.2, 0.25) is 18.1 Å². The van der Waals surface area contributed by atoms with Crippen LogP contribution in [-0.2, 0) is 13.5 Å². The summed E-state index contributed by atoms with van der Waals surface area (Å²) in [7, 11) is -4.41. The molecule has 1 rings (SSSR count). The van der Waals surface area contributed by atoms with E-state index in [1.807, 2.05) is 13.8 Å². The van der Waals surface area contributed by atoms with Crippen molar-refractivity contribution in [2.24, 2.45) is 0 Å². The molecule has 0 aromatic carbocycles. The molecule has 0 aliphatic heterocycles. The zero-order valence-corrected chi connectivity index (χ0v) is 16.2. The molecule has 0 heterocycles. The van der Waals surface area contributed by atoms with Gasteiger partial charge < -0.3 is 8.95 Å². The minimum absolute atomic E-state index is 0.00732. The lowest BCUT2D eigenvalue weighted by atomic mass is 10.2. The van der Waals surface area contributed by atoms with E-state index in [1.54, 1.807) is 6.66 Å². The van der Waals surface area contributed by atoms with Crippen molar-refractivity contribution in [2.75, 3.05) is 6.66 Å². The first kappa shape index (κ1) is 18.2. The summed E-state index contributed by atoms with van der Waals surface area (Å²) in [4.78, 5) is 0. The Morgan fingerprint density at radius 2 is 1.90 bits per heavy atom. The van der Waals surface area contributed by atoms with E-state index >= 15 is 0 Å². The fraction of sp³-hybridized carbons (Fsp3) is 0.867. The summed E-state index contributed by atoms with van der Waals surface area (Å²) in [6.07, 6.45) is 3.92. The first-order chi connectivity index (χ1) is 8.85. The third kappa shape index (κ3) is 4.56. The summed E-state index contributed by atoms with van der Waals surface area (Å²) in [6, 6.07) is 0. The van der Waals surface area contributed by atoms with Crippen LogP contribution >= 0.6 is 7.37 Å². The molecule has 1 aliphatic carbocycles. The smallest absolute Gasteiger partial charge is 0.225 e. The lowest BCUT2D eigenvalue weighted by Gasteiger charge is -2.38. The molecule has 2 atom stereocenters. The monoisotopic (exact) mass is 318 g/mol. The van der Waals surface area contributed by atoms with Gasteiger partial charge >= 0.3 is 0 Å². The molecular weight excluding hydrogens is 287 g/mol. The van der Waals surface area contributed by atoms with Crippen LogP contribution in [0.1, 0.15) is 47.5 Å². The molecule has 2 unspecified atom stereocenters. The van der Waals surface area contributed by atoms with E-state index in [0.29, 0.717) is 0 Å². The Morgan fingerprint density at radius 3 is 2.35 bits per heavy atom. The molecule has 0 saturated heterocycles. The highest BCUT2D eigenvalue weighted by molar-refractivity contribution is 7.62. The number of hydrogen-bond acceptors (Lipinski definition) is 3. The average molecular weight is 318 g/mol. The van der Waals surface area contributed by atoms with E-state index in [9.17, 15) is 4.57 Å². The van der Waals surface area contributed by atoms with E-state index in [2.05, 4.69) is 39.9 Å². The third-order valence-corrected chi connectivity index (χ3v) is 11.0. The van der Waals surface area contributed by atoms with Gasteiger partial charge in [-0.2, -0.15) is 0 Å². The lowest BCUT2D eigenvalue weighted by Crippen LogP contribution is -2.43. The zero-order valence-electron chi connectivity index (χ0n) is 14.3. The Hall–Kier alpha value is 0.107. The molecule has 0 aromatic rings. The Labute approximate surface area is 125 Å². The quantitative estimate of drug-likeness (QED) is 0.504. The molecule has 5 heteroatoms. The van der Waals surface area contributed by atoms with E-state index < -0.39 is 15.7 Å². The summed E-state index contributed by atoms with van der Waals surface area (Å²) in [6.45, 7) is 16.8. The summed E-state index contributed by atoms with van der Waals surface area (Å²) in [5.74, 6) is 0. The first-order valence-electron chi connectivity index (χ1n) is 7.50. The fourth-order valence-electron chi connectivity index (χ4n) is 2.13. The van der Waals surface area contributed by atoms with Crippen LogP contribution in [0, 0.1) is 0 Å². The van der Waals surface area contributed by atoms with Crippen LogP contribution in [-0.4, -0.2) is 27.2 Å². The average Bonchev–Trinajstić information content (AvgIpc) is 2.61. The van der Waals surface area contributed by atoms with Gasteiger partial charge in [0.2, 0.25) is 7.37 Å². The van der Waals surface area contributed by atoms with Gasteiger partial charge in [-0.3, -0.25) is 4.57 Å². The second-order valence-corrected chi connectivity index (χ2v) is 14.8.